The Morgan fingerprint density at radius 1 is 1.47 bits per heavy atom. The quantitative estimate of drug-likeness (QED) is 0.777. The van der Waals surface area contributed by atoms with Crippen molar-refractivity contribution >= 4 is 5.82 Å². The monoisotopic (exact) mass is 208 g/mol. The lowest BCUT2D eigenvalue weighted by atomic mass is 10.0. The molecule has 1 aromatic rings. The molecule has 0 amide bonds. The highest BCUT2D eigenvalue weighted by atomic mass is 16.3. The minimum Gasteiger partial charge on any atom is -0.393 e. The van der Waals surface area contributed by atoms with Crippen LogP contribution in [0.4, 0.5) is 5.82 Å². The van der Waals surface area contributed by atoms with Crippen LogP contribution in [0.15, 0.2) is 12.3 Å². The number of nitrogen functional groups attached to an aromatic ring is 1. The van der Waals surface area contributed by atoms with Gasteiger partial charge in [0.25, 0.3) is 0 Å². The van der Waals surface area contributed by atoms with Gasteiger partial charge in [0.15, 0.2) is 0 Å². The SMILES string of the molecule is CCc1cnc(N)c(CCC(O)CC)c1. The lowest BCUT2D eigenvalue weighted by molar-refractivity contribution is 0.160. The molecule has 0 bridgehead atoms. The largest absolute Gasteiger partial charge is 0.393 e. The summed E-state index contributed by atoms with van der Waals surface area (Å²) < 4.78 is 0. The Kier molecular flexibility index (Phi) is 4.56. The van der Waals surface area contributed by atoms with E-state index in [4.69, 9.17) is 5.73 Å². The normalized spacial score (nSPS) is 12.7. The van der Waals surface area contributed by atoms with Crippen molar-refractivity contribution in [3.8, 4) is 0 Å². The van der Waals surface area contributed by atoms with E-state index in [2.05, 4.69) is 18.0 Å². The third-order valence-corrected chi connectivity index (χ3v) is 2.68. The Balaban J connectivity index is 2.66. The smallest absolute Gasteiger partial charge is 0.126 e. The van der Waals surface area contributed by atoms with Gasteiger partial charge in [-0.05, 0) is 36.8 Å². The van der Waals surface area contributed by atoms with Gasteiger partial charge in [-0.2, -0.15) is 0 Å². The van der Waals surface area contributed by atoms with E-state index in [1.54, 1.807) is 0 Å². The number of nitrogens with zero attached hydrogens (tertiary/aromatic N) is 1. The molecule has 1 atom stereocenters. The maximum Gasteiger partial charge on any atom is 0.126 e. The summed E-state index contributed by atoms with van der Waals surface area (Å²) in [5.41, 5.74) is 8.04. The second-order valence-corrected chi connectivity index (χ2v) is 3.84. The van der Waals surface area contributed by atoms with Crippen LogP contribution >= 0.6 is 0 Å². The minimum absolute atomic E-state index is 0.227. The predicted octanol–water partition coefficient (Wildman–Crippen LogP) is 1.93. The van der Waals surface area contributed by atoms with Crippen molar-refractivity contribution in [3.63, 3.8) is 0 Å². The molecular weight excluding hydrogens is 188 g/mol. The van der Waals surface area contributed by atoms with Gasteiger partial charge in [0.2, 0.25) is 0 Å². The molecule has 0 spiro atoms. The molecule has 1 heterocycles. The molecule has 0 aliphatic rings. The Labute approximate surface area is 91.3 Å². The van der Waals surface area contributed by atoms with E-state index in [0.29, 0.717) is 5.82 Å². The van der Waals surface area contributed by atoms with E-state index in [0.717, 1.165) is 31.2 Å². The van der Waals surface area contributed by atoms with Gasteiger partial charge < -0.3 is 10.8 Å². The zero-order valence-electron chi connectivity index (χ0n) is 9.53. The molecule has 84 valence electrons. The summed E-state index contributed by atoms with van der Waals surface area (Å²) in [5.74, 6) is 0.593. The fourth-order valence-corrected chi connectivity index (χ4v) is 1.49. The van der Waals surface area contributed by atoms with E-state index < -0.39 is 0 Å². The molecule has 0 saturated carbocycles. The first-order valence-corrected chi connectivity index (χ1v) is 5.58. The number of aliphatic hydroxyl groups excluding tert-OH is 1. The molecule has 1 unspecified atom stereocenters. The maximum atomic E-state index is 9.48. The van der Waals surface area contributed by atoms with Crippen LogP contribution in [0.3, 0.4) is 0 Å². The number of hydrogen-bond donors (Lipinski definition) is 2. The van der Waals surface area contributed by atoms with Crippen LogP contribution in [0.25, 0.3) is 0 Å². The van der Waals surface area contributed by atoms with Crippen molar-refractivity contribution in [1.29, 1.82) is 0 Å². The highest BCUT2D eigenvalue weighted by molar-refractivity contribution is 5.41. The van der Waals surface area contributed by atoms with Gasteiger partial charge >= 0.3 is 0 Å². The number of nitrogens with two attached hydrogens (primary N) is 1. The van der Waals surface area contributed by atoms with Gasteiger partial charge in [-0.1, -0.05) is 19.9 Å². The average Bonchev–Trinajstić information content (AvgIpc) is 2.27. The van der Waals surface area contributed by atoms with Crippen LogP contribution in [0.1, 0.15) is 37.8 Å². The first-order valence-electron chi connectivity index (χ1n) is 5.58. The summed E-state index contributed by atoms with van der Waals surface area (Å²) >= 11 is 0. The molecular formula is C12H20N2O. The predicted molar refractivity (Wildman–Crippen MR) is 62.6 cm³/mol. The number of aliphatic hydroxyl groups is 1. The first-order chi connectivity index (χ1) is 7.17. The van der Waals surface area contributed by atoms with Crippen LogP contribution in [-0.2, 0) is 12.8 Å². The van der Waals surface area contributed by atoms with Gasteiger partial charge in [-0.25, -0.2) is 4.98 Å². The summed E-state index contributed by atoms with van der Waals surface area (Å²) in [6, 6.07) is 2.09. The molecule has 0 fully saturated rings. The average molecular weight is 208 g/mol. The highest BCUT2D eigenvalue weighted by Gasteiger charge is 2.05. The van der Waals surface area contributed by atoms with Crippen molar-refractivity contribution in [2.75, 3.05) is 5.73 Å². The van der Waals surface area contributed by atoms with Crippen LogP contribution in [0.2, 0.25) is 0 Å². The summed E-state index contributed by atoms with van der Waals surface area (Å²) in [6.07, 6.45) is 4.92. The summed E-state index contributed by atoms with van der Waals surface area (Å²) in [6.45, 7) is 4.08. The fraction of sp³-hybridized carbons (Fsp3) is 0.583. The number of anilines is 1. The second kappa shape index (κ2) is 5.71. The van der Waals surface area contributed by atoms with E-state index in [1.807, 2.05) is 13.1 Å². The molecule has 3 heteroatoms. The zero-order chi connectivity index (χ0) is 11.3. The molecule has 1 aromatic heterocycles. The topological polar surface area (TPSA) is 59.1 Å². The van der Waals surface area contributed by atoms with Crippen molar-refractivity contribution in [3.05, 3.63) is 23.4 Å². The molecule has 0 aromatic carbocycles. The van der Waals surface area contributed by atoms with E-state index >= 15 is 0 Å². The van der Waals surface area contributed by atoms with E-state index in [1.165, 1.54) is 5.56 Å². The number of rotatable bonds is 5. The second-order valence-electron chi connectivity index (χ2n) is 3.84. The molecule has 15 heavy (non-hydrogen) atoms. The van der Waals surface area contributed by atoms with Gasteiger partial charge in [0, 0.05) is 6.20 Å². The van der Waals surface area contributed by atoms with Crippen LogP contribution < -0.4 is 5.73 Å². The Bertz CT molecular complexity index is 312. The molecule has 3 nitrogen and oxygen atoms in total. The molecule has 0 aliphatic carbocycles. The lowest BCUT2D eigenvalue weighted by Crippen LogP contribution is -2.08. The summed E-state index contributed by atoms with van der Waals surface area (Å²) in [7, 11) is 0. The molecule has 1 rings (SSSR count). The molecule has 0 aliphatic heterocycles. The molecule has 0 saturated heterocycles. The van der Waals surface area contributed by atoms with Crippen LogP contribution in [0, 0.1) is 0 Å². The third kappa shape index (κ3) is 3.51. The van der Waals surface area contributed by atoms with Crippen molar-refractivity contribution in [2.45, 2.75) is 45.6 Å². The van der Waals surface area contributed by atoms with Gasteiger partial charge in [0.1, 0.15) is 5.82 Å². The Morgan fingerprint density at radius 2 is 2.20 bits per heavy atom. The standard InChI is InChI=1S/C12H20N2O/c1-3-9-7-10(12(13)14-8-9)5-6-11(15)4-2/h7-8,11,15H,3-6H2,1-2H3,(H2,13,14). The lowest BCUT2D eigenvalue weighted by Gasteiger charge is -2.09. The van der Waals surface area contributed by atoms with E-state index in [-0.39, 0.29) is 6.10 Å². The Hall–Kier alpha value is -1.09. The van der Waals surface area contributed by atoms with Crippen LogP contribution in [0.5, 0.6) is 0 Å². The molecule has 3 N–H and O–H groups in total. The van der Waals surface area contributed by atoms with Crippen molar-refractivity contribution < 1.29 is 5.11 Å². The zero-order valence-corrected chi connectivity index (χ0v) is 9.53. The number of aromatic nitrogens is 1. The van der Waals surface area contributed by atoms with Gasteiger partial charge in [-0.15, -0.1) is 0 Å². The van der Waals surface area contributed by atoms with Crippen LogP contribution in [-0.4, -0.2) is 16.2 Å². The first kappa shape index (κ1) is 12.0. The summed E-state index contributed by atoms with van der Waals surface area (Å²) in [4.78, 5) is 4.15. The number of aryl methyl sites for hydroxylation is 2. The fourth-order valence-electron chi connectivity index (χ4n) is 1.49. The number of pyridine rings is 1. The Morgan fingerprint density at radius 3 is 2.80 bits per heavy atom. The highest BCUT2D eigenvalue weighted by Crippen LogP contribution is 2.15. The summed E-state index contributed by atoms with van der Waals surface area (Å²) in [5, 5.41) is 9.48. The third-order valence-electron chi connectivity index (χ3n) is 2.68. The number of hydrogen-bond acceptors (Lipinski definition) is 3. The minimum atomic E-state index is -0.227. The van der Waals surface area contributed by atoms with Crippen molar-refractivity contribution in [1.82, 2.24) is 4.98 Å². The van der Waals surface area contributed by atoms with E-state index in [9.17, 15) is 5.11 Å². The van der Waals surface area contributed by atoms with Gasteiger partial charge in [-0.3, -0.25) is 0 Å². The molecule has 0 radical (unpaired) electrons. The van der Waals surface area contributed by atoms with Gasteiger partial charge in [0.05, 0.1) is 6.10 Å². The maximum absolute atomic E-state index is 9.48. The van der Waals surface area contributed by atoms with Crippen molar-refractivity contribution in [2.24, 2.45) is 0 Å².